The van der Waals surface area contributed by atoms with E-state index in [0.29, 0.717) is 28.4 Å². The van der Waals surface area contributed by atoms with Crippen LogP contribution < -0.4 is 0 Å². The maximum Gasteiger partial charge on any atom is 0.136 e. The average Bonchev–Trinajstić information content (AvgIpc) is 2.88. The Morgan fingerprint density at radius 3 is 2.61 bits per heavy atom. The molecule has 0 aliphatic heterocycles. The molecule has 0 radical (unpaired) electrons. The molecule has 0 bridgehead atoms. The molecule has 4 aliphatic rings. The number of rotatable bonds is 1. The Labute approximate surface area is 142 Å². The first kappa shape index (κ1) is 15.9. The maximum absolute atomic E-state index is 12.3. The van der Waals surface area contributed by atoms with E-state index in [1.165, 1.54) is 44.9 Å². The normalized spacial score (nSPS) is 52.4. The lowest BCUT2D eigenvalue weighted by molar-refractivity contribution is -0.147. The Hall–Kier alpha value is -0.590. The topological polar surface area (TPSA) is 17.1 Å². The second-order valence-corrected chi connectivity index (χ2v) is 9.60. The van der Waals surface area contributed by atoms with E-state index in [2.05, 4.69) is 33.8 Å². The van der Waals surface area contributed by atoms with E-state index in [1.807, 2.05) is 0 Å². The van der Waals surface area contributed by atoms with E-state index in [-0.39, 0.29) is 0 Å². The van der Waals surface area contributed by atoms with Crippen LogP contribution in [0.4, 0.5) is 0 Å². The van der Waals surface area contributed by atoms with Crippen LogP contribution in [0.25, 0.3) is 0 Å². The monoisotopic (exact) mass is 314 g/mol. The van der Waals surface area contributed by atoms with Crippen molar-refractivity contribution < 1.29 is 4.79 Å². The van der Waals surface area contributed by atoms with Gasteiger partial charge in [-0.3, -0.25) is 4.79 Å². The van der Waals surface area contributed by atoms with Gasteiger partial charge in [0, 0.05) is 12.3 Å². The number of fused-ring (bicyclic) bond motifs is 5. The Kier molecular flexibility index (Phi) is 3.60. The van der Waals surface area contributed by atoms with E-state index < -0.39 is 0 Å². The standard InChI is InChI=1S/C22H34O/c1-5-15-6-8-18-16-7-9-17-14(2)20(23)11-13-22(17,4)19(16)10-12-21(15,18)3/h6,14,16-19H,5,7-13H2,1-4H3. The first-order valence-corrected chi connectivity index (χ1v) is 10.1. The van der Waals surface area contributed by atoms with Crippen LogP contribution in [0.15, 0.2) is 11.6 Å². The number of hydrogen-bond donors (Lipinski definition) is 0. The highest BCUT2D eigenvalue weighted by molar-refractivity contribution is 5.82. The zero-order valence-corrected chi connectivity index (χ0v) is 15.5. The van der Waals surface area contributed by atoms with Crippen LogP contribution in [0.5, 0.6) is 0 Å². The highest BCUT2D eigenvalue weighted by atomic mass is 16.1. The van der Waals surface area contributed by atoms with Crippen molar-refractivity contribution in [3.63, 3.8) is 0 Å². The molecule has 0 spiro atoms. The molecule has 3 saturated carbocycles. The molecule has 7 atom stereocenters. The highest BCUT2D eigenvalue weighted by Gasteiger charge is 2.59. The summed E-state index contributed by atoms with van der Waals surface area (Å²) in [5.74, 6) is 4.20. The quantitative estimate of drug-likeness (QED) is 0.560. The van der Waals surface area contributed by atoms with Gasteiger partial charge in [0.25, 0.3) is 0 Å². The van der Waals surface area contributed by atoms with E-state index in [0.717, 1.165) is 24.2 Å². The van der Waals surface area contributed by atoms with Crippen LogP contribution in [0.2, 0.25) is 0 Å². The van der Waals surface area contributed by atoms with Gasteiger partial charge in [-0.15, -0.1) is 0 Å². The van der Waals surface area contributed by atoms with E-state index in [4.69, 9.17) is 0 Å². The molecule has 4 rings (SSSR count). The van der Waals surface area contributed by atoms with Crippen LogP contribution in [0.3, 0.4) is 0 Å². The number of hydrogen-bond acceptors (Lipinski definition) is 1. The molecule has 0 saturated heterocycles. The van der Waals surface area contributed by atoms with E-state index in [9.17, 15) is 4.79 Å². The van der Waals surface area contributed by atoms with Crippen molar-refractivity contribution in [1.82, 2.24) is 0 Å². The zero-order valence-electron chi connectivity index (χ0n) is 15.5. The van der Waals surface area contributed by atoms with Gasteiger partial charge in [0.2, 0.25) is 0 Å². The summed E-state index contributed by atoms with van der Waals surface area (Å²) >= 11 is 0. The van der Waals surface area contributed by atoms with Gasteiger partial charge in [0.15, 0.2) is 0 Å². The second-order valence-electron chi connectivity index (χ2n) is 9.60. The van der Waals surface area contributed by atoms with Crippen LogP contribution in [0.1, 0.15) is 79.1 Å². The number of carbonyl (C=O) groups is 1. The van der Waals surface area contributed by atoms with Crippen molar-refractivity contribution >= 4 is 5.78 Å². The minimum Gasteiger partial charge on any atom is -0.299 e. The largest absolute Gasteiger partial charge is 0.299 e. The number of allylic oxidation sites excluding steroid dienone is 2. The number of ketones is 1. The Balaban J connectivity index is 1.64. The zero-order chi connectivity index (χ0) is 16.4. The van der Waals surface area contributed by atoms with Crippen LogP contribution in [-0.2, 0) is 4.79 Å². The Morgan fingerprint density at radius 1 is 1.09 bits per heavy atom. The van der Waals surface area contributed by atoms with Gasteiger partial charge in [-0.2, -0.15) is 0 Å². The summed E-state index contributed by atoms with van der Waals surface area (Å²) in [6.45, 7) is 9.70. The third-order valence-electron chi connectivity index (χ3n) is 9.09. The van der Waals surface area contributed by atoms with Crippen molar-refractivity contribution in [1.29, 1.82) is 0 Å². The molecule has 1 nitrogen and oxygen atoms in total. The van der Waals surface area contributed by atoms with Gasteiger partial charge < -0.3 is 0 Å². The molecule has 0 aromatic rings. The molecule has 23 heavy (non-hydrogen) atoms. The fraction of sp³-hybridized carbons (Fsp3) is 0.864. The maximum atomic E-state index is 12.3. The van der Waals surface area contributed by atoms with Gasteiger partial charge >= 0.3 is 0 Å². The Morgan fingerprint density at radius 2 is 1.87 bits per heavy atom. The summed E-state index contributed by atoms with van der Waals surface area (Å²) in [5, 5.41) is 0. The van der Waals surface area contributed by atoms with Gasteiger partial charge in [0.05, 0.1) is 0 Å². The van der Waals surface area contributed by atoms with Crippen LogP contribution in [-0.4, -0.2) is 5.78 Å². The molecule has 0 amide bonds. The van der Waals surface area contributed by atoms with Crippen LogP contribution >= 0.6 is 0 Å². The first-order valence-electron chi connectivity index (χ1n) is 10.1. The predicted molar refractivity (Wildman–Crippen MR) is 95.0 cm³/mol. The minimum absolute atomic E-state index is 0.316. The van der Waals surface area contributed by atoms with Gasteiger partial charge in [0.1, 0.15) is 5.78 Å². The Bertz CT molecular complexity index is 546. The molecule has 4 aliphatic carbocycles. The van der Waals surface area contributed by atoms with Crippen molar-refractivity contribution in [3.05, 3.63) is 11.6 Å². The van der Waals surface area contributed by atoms with Gasteiger partial charge in [-0.05, 0) is 79.4 Å². The lowest BCUT2D eigenvalue weighted by Gasteiger charge is -2.61. The predicted octanol–water partition coefficient (Wildman–Crippen LogP) is 5.79. The third-order valence-corrected chi connectivity index (χ3v) is 9.09. The highest BCUT2D eigenvalue weighted by Crippen LogP contribution is 2.66. The fourth-order valence-electron chi connectivity index (χ4n) is 7.73. The van der Waals surface area contributed by atoms with Gasteiger partial charge in [-0.25, -0.2) is 0 Å². The van der Waals surface area contributed by atoms with Crippen molar-refractivity contribution in [2.45, 2.75) is 79.1 Å². The summed E-state index contributed by atoms with van der Waals surface area (Å²) in [5.41, 5.74) is 2.68. The molecule has 0 heterocycles. The summed E-state index contributed by atoms with van der Waals surface area (Å²) < 4.78 is 0. The molecule has 0 aromatic carbocycles. The fourth-order valence-corrected chi connectivity index (χ4v) is 7.73. The van der Waals surface area contributed by atoms with Crippen molar-refractivity contribution in [2.75, 3.05) is 0 Å². The SMILES string of the molecule is CCC1=CCC2C3CCC4C(C)C(=O)CCC4(C)C3CCC12C. The van der Waals surface area contributed by atoms with E-state index in [1.54, 1.807) is 5.57 Å². The van der Waals surface area contributed by atoms with Crippen molar-refractivity contribution in [2.24, 2.45) is 40.4 Å². The van der Waals surface area contributed by atoms with Crippen LogP contribution in [0, 0.1) is 40.4 Å². The summed E-state index contributed by atoms with van der Waals surface area (Å²) in [6.07, 6.45) is 12.7. The molecule has 1 heteroatoms. The minimum atomic E-state index is 0.316. The number of Topliss-reactive ketones (excluding diaryl/α,β-unsaturated/α-hetero) is 1. The first-order chi connectivity index (χ1) is 10.9. The summed E-state index contributed by atoms with van der Waals surface area (Å²) in [4.78, 5) is 12.3. The molecule has 0 aromatic heterocycles. The molecule has 128 valence electrons. The number of carbonyl (C=O) groups excluding carboxylic acids is 1. The smallest absolute Gasteiger partial charge is 0.136 e. The van der Waals surface area contributed by atoms with Crippen molar-refractivity contribution in [3.8, 4) is 0 Å². The summed E-state index contributed by atoms with van der Waals surface area (Å²) in [6, 6.07) is 0. The lowest BCUT2D eigenvalue weighted by atomic mass is 9.43. The lowest BCUT2D eigenvalue weighted by Crippen LogP contribution is -2.55. The van der Waals surface area contributed by atoms with Gasteiger partial charge in [-0.1, -0.05) is 39.3 Å². The molecular weight excluding hydrogens is 280 g/mol. The molecular formula is C22H34O. The average molecular weight is 315 g/mol. The summed E-state index contributed by atoms with van der Waals surface area (Å²) in [7, 11) is 0. The molecule has 7 unspecified atom stereocenters. The second kappa shape index (κ2) is 5.20. The van der Waals surface area contributed by atoms with E-state index >= 15 is 0 Å². The third kappa shape index (κ3) is 2.01. The molecule has 3 fully saturated rings. The molecule has 0 N–H and O–H groups in total.